The summed E-state index contributed by atoms with van der Waals surface area (Å²) in [4.78, 5) is 37.1. The monoisotopic (exact) mass is 538 g/mol. The zero-order valence-corrected chi connectivity index (χ0v) is 20.0. The molecule has 1 atom stereocenters. The Bertz CT molecular complexity index is 879. The Balaban J connectivity index is 1.96. The van der Waals surface area contributed by atoms with Crippen molar-refractivity contribution < 1.29 is 23.9 Å². The van der Waals surface area contributed by atoms with Gasteiger partial charge in [-0.2, -0.15) is 0 Å². The summed E-state index contributed by atoms with van der Waals surface area (Å²) in [5, 5.41) is 5.31. The van der Waals surface area contributed by atoms with Crippen LogP contribution < -0.4 is 10.6 Å². The second-order valence-corrected chi connectivity index (χ2v) is 9.13. The zero-order valence-electron chi connectivity index (χ0n) is 17.8. The van der Waals surface area contributed by atoms with Crippen molar-refractivity contribution in [2.24, 2.45) is 0 Å². The van der Waals surface area contributed by atoms with Gasteiger partial charge in [0.2, 0.25) is 5.91 Å². The molecule has 2 aromatic rings. The molecule has 0 aliphatic carbocycles. The first kappa shape index (κ1) is 24.6. The highest BCUT2D eigenvalue weighted by atomic mass is 127. The number of benzene rings is 2. The van der Waals surface area contributed by atoms with Crippen LogP contribution in [0.3, 0.4) is 0 Å². The second kappa shape index (κ2) is 11.7. The number of ether oxygens (including phenoxy) is 2. The summed E-state index contributed by atoms with van der Waals surface area (Å²) in [7, 11) is 0. The quantitative estimate of drug-likeness (QED) is 0.377. The number of alkyl carbamates (subject to hydrolysis) is 1. The van der Waals surface area contributed by atoms with Gasteiger partial charge in [-0.25, -0.2) is 4.79 Å². The normalized spacial score (nSPS) is 11.9. The summed E-state index contributed by atoms with van der Waals surface area (Å²) >= 11 is 2.17. The minimum absolute atomic E-state index is 0.0343. The third kappa shape index (κ3) is 9.82. The van der Waals surface area contributed by atoms with Gasteiger partial charge in [-0.3, -0.25) is 9.59 Å². The van der Waals surface area contributed by atoms with Crippen molar-refractivity contribution in [2.45, 2.75) is 51.9 Å². The van der Waals surface area contributed by atoms with E-state index in [-0.39, 0.29) is 19.4 Å². The lowest BCUT2D eigenvalue weighted by atomic mass is 10.1. The first-order valence-electron chi connectivity index (χ1n) is 9.88. The number of hydrogen-bond donors (Lipinski definition) is 2. The summed E-state index contributed by atoms with van der Waals surface area (Å²) < 4.78 is 11.5. The first-order chi connectivity index (χ1) is 14.6. The average molecular weight is 538 g/mol. The van der Waals surface area contributed by atoms with E-state index in [1.54, 1.807) is 32.9 Å². The minimum Gasteiger partial charge on any atom is -0.461 e. The van der Waals surface area contributed by atoms with Gasteiger partial charge in [0.05, 0.1) is 0 Å². The molecule has 2 aromatic carbocycles. The number of rotatable bonds is 8. The number of nitrogens with one attached hydrogen (secondary N) is 2. The van der Waals surface area contributed by atoms with Crippen LogP contribution in [0, 0.1) is 3.57 Å². The summed E-state index contributed by atoms with van der Waals surface area (Å²) in [6, 6.07) is 15.6. The SMILES string of the molecule is CC(C)(C)OC(=O)N[C@H](CCC(=O)OCc1ccccc1)C(=O)Nc1ccc(I)cc1. The molecular formula is C23H27IN2O5. The lowest BCUT2D eigenvalue weighted by Crippen LogP contribution is -2.46. The van der Waals surface area contributed by atoms with Crippen LogP contribution in [-0.4, -0.2) is 29.6 Å². The fourth-order valence-corrected chi connectivity index (χ4v) is 2.91. The van der Waals surface area contributed by atoms with Crippen LogP contribution in [0.1, 0.15) is 39.2 Å². The molecule has 0 fully saturated rings. The van der Waals surface area contributed by atoms with Gasteiger partial charge in [0.15, 0.2) is 0 Å². The number of amides is 2. The molecule has 0 saturated carbocycles. The van der Waals surface area contributed by atoms with Crippen LogP contribution in [0.5, 0.6) is 0 Å². The van der Waals surface area contributed by atoms with Crippen LogP contribution in [-0.2, 0) is 25.7 Å². The van der Waals surface area contributed by atoms with Gasteiger partial charge in [-0.15, -0.1) is 0 Å². The molecule has 2 rings (SSSR count). The highest BCUT2D eigenvalue weighted by Crippen LogP contribution is 2.13. The number of esters is 1. The van der Waals surface area contributed by atoms with E-state index in [0.29, 0.717) is 5.69 Å². The van der Waals surface area contributed by atoms with E-state index in [1.807, 2.05) is 42.5 Å². The molecule has 2 N–H and O–H groups in total. The van der Waals surface area contributed by atoms with E-state index in [9.17, 15) is 14.4 Å². The Kier molecular flexibility index (Phi) is 9.29. The van der Waals surface area contributed by atoms with E-state index in [1.165, 1.54) is 0 Å². The molecule has 0 aromatic heterocycles. The van der Waals surface area contributed by atoms with Gasteiger partial charge in [0, 0.05) is 15.7 Å². The molecule has 0 unspecified atom stereocenters. The predicted molar refractivity (Wildman–Crippen MR) is 126 cm³/mol. The van der Waals surface area contributed by atoms with Crippen LogP contribution in [0.4, 0.5) is 10.5 Å². The second-order valence-electron chi connectivity index (χ2n) is 7.88. The van der Waals surface area contributed by atoms with Crippen molar-refractivity contribution in [1.82, 2.24) is 5.32 Å². The molecule has 2 amide bonds. The molecule has 0 aliphatic rings. The lowest BCUT2D eigenvalue weighted by Gasteiger charge is -2.23. The topological polar surface area (TPSA) is 93.7 Å². The van der Waals surface area contributed by atoms with E-state index >= 15 is 0 Å². The summed E-state index contributed by atoms with van der Waals surface area (Å²) in [5.41, 5.74) is 0.749. The van der Waals surface area contributed by atoms with Crippen LogP contribution >= 0.6 is 22.6 Å². The van der Waals surface area contributed by atoms with E-state index in [4.69, 9.17) is 9.47 Å². The van der Waals surface area contributed by atoms with Crippen molar-refractivity contribution in [3.63, 3.8) is 0 Å². The molecule has 166 valence electrons. The van der Waals surface area contributed by atoms with Crippen molar-refractivity contribution in [3.05, 3.63) is 63.7 Å². The maximum Gasteiger partial charge on any atom is 0.408 e. The maximum absolute atomic E-state index is 12.8. The zero-order chi connectivity index (χ0) is 22.9. The Morgan fingerprint density at radius 3 is 2.26 bits per heavy atom. The smallest absolute Gasteiger partial charge is 0.408 e. The fraction of sp³-hybridized carbons (Fsp3) is 0.348. The predicted octanol–water partition coefficient (Wildman–Crippen LogP) is 4.65. The van der Waals surface area contributed by atoms with Gasteiger partial charge < -0.3 is 20.1 Å². The van der Waals surface area contributed by atoms with E-state index in [0.717, 1.165) is 9.13 Å². The van der Waals surface area contributed by atoms with Crippen molar-refractivity contribution >= 4 is 46.2 Å². The van der Waals surface area contributed by atoms with Crippen LogP contribution in [0.2, 0.25) is 0 Å². The molecule has 7 nitrogen and oxygen atoms in total. The number of halogens is 1. The fourth-order valence-electron chi connectivity index (χ4n) is 2.55. The van der Waals surface area contributed by atoms with Gasteiger partial charge in [-0.1, -0.05) is 30.3 Å². The highest BCUT2D eigenvalue weighted by Gasteiger charge is 2.25. The third-order valence-corrected chi connectivity index (χ3v) is 4.72. The van der Waals surface area contributed by atoms with Crippen molar-refractivity contribution in [3.8, 4) is 0 Å². The molecule has 0 aliphatic heterocycles. The Labute approximate surface area is 196 Å². The third-order valence-electron chi connectivity index (χ3n) is 4.00. The molecule has 0 radical (unpaired) electrons. The Morgan fingerprint density at radius 1 is 1.00 bits per heavy atom. The number of carbonyl (C=O) groups excluding carboxylic acids is 3. The minimum atomic E-state index is -0.960. The van der Waals surface area contributed by atoms with Crippen LogP contribution in [0.25, 0.3) is 0 Å². The highest BCUT2D eigenvalue weighted by molar-refractivity contribution is 14.1. The molecular weight excluding hydrogens is 511 g/mol. The van der Waals surface area contributed by atoms with Crippen LogP contribution in [0.15, 0.2) is 54.6 Å². The van der Waals surface area contributed by atoms with Crippen molar-refractivity contribution in [1.29, 1.82) is 0 Å². The van der Waals surface area contributed by atoms with E-state index in [2.05, 4.69) is 33.2 Å². The molecule has 8 heteroatoms. The molecule has 0 heterocycles. The summed E-state index contributed by atoms with van der Waals surface area (Å²) in [5.74, 6) is -0.898. The lowest BCUT2D eigenvalue weighted by molar-refractivity contribution is -0.145. The molecule has 0 bridgehead atoms. The Morgan fingerprint density at radius 2 is 1.65 bits per heavy atom. The van der Waals surface area contributed by atoms with Gasteiger partial charge in [0.1, 0.15) is 18.2 Å². The van der Waals surface area contributed by atoms with E-state index < -0.39 is 29.6 Å². The molecule has 0 saturated heterocycles. The maximum atomic E-state index is 12.8. The average Bonchev–Trinajstić information content (AvgIpc) is 2.70. The first-order valence-corrected chi connectivity index (χ1v) is 11.0. The number of hydrogen-bond acceptors (Lipinski definition) is 5. The molecule has 0 spiro atoms. The van der Waals surface area contributed by atoms with Crippen molar-refractivity contribution in [2.75, 3.05) is 5.32 Å². The Hall–Kier alpha value is -2.62. The number of anilines is 1. The standard InChI is InChI=1S/C23H27IN2O5/c1-23(2,3)31-22(29)26-19(21(28)25-18-11-9-17(24)10-12-18)13-14-20(27)30-15-16-7-5-4-6-8-16/h4-12,19H,13-15H2,1-3H3,(H,25,28)(H,26,29)/t19-/m1/s1. The summed E-state index contributed by atoms with van der Waals surface area (Å²) in [6.45, 7) is 5.34. The van der Waals surface area contributed by atoms with Gasteiger partial charge in [-0.05, 0) is 79.6 Å². The van der Waals surface area contributed by atoms with Gasteiger partial charge in [0.25, 0.3) is 0 Å². The van der Waals surface area contributed by atoms with Gasteiger partial charge >= 0.3 is 12.1 Å². The largest absolute Gasteiger partial charge is 0.461 e. The molecule has 31 heavy (non-hydrogen) atoms. The number of carbonyl (C=O) groups is 3. The summed E-state index contributed by atoms with van der Waals surface area (Å²) in [6.07, 6.45) is -0.691.